The molecule has 0 atom stereocenters. The average molecular weight is 445 g/mol. The lowest BCUT2D eigenvalue weighted by Gasteiger charge is -2.18. The van der Waals surface area contributed by atoms with Gasteiger partial charge in [0.15, 0.2) is 0 Å². The minimum Gasteiger partial charge on any atom is -0.507 e. The van der Waals surface area contributed by atoms with Gasteiger partial charge in [0, 0.05) is 27.1 Å². The number of aromatic hydroxyl groups is 1. The molecule has 4 aromatic rings. The van der Waals surface area contributed by atoms with Gasteiger partial charge in [-0.25, -0.2) is 0 Å². The van der Waals surface area contributed by atoms with Gasteiger partial charge < -0.3 is 10.4 Å². The summed E-state index contributed by atoms with van der Waals surface area (Å²) in [5, 5.41) is 14.8. The fourth-order valence-corrected chi connectivity index (χ4v) is 4.43. The van der Waals surface area contributed by atoms with E-state index in [9.17, 15) is 9.90 Å². The summed E-state index contributed by atoms with van der Waals surface area (Å²) in [4.78, 5) is 18.0. The predicted octanol–water partition coefficient (Wildman–Crippen LogP) is 7.06. The summed E-state index contributed by atoms with van der Waals surface area (Å²) in [6.07, 6.45) is 1.69. The van der Waals surface area contributed by atoms with E-state index in [0.29, 0.717) is 27.4 Å². The molecule has 1 heterocycles. The van der Waals surface area contributed by atoms with E-state index in [1.807, 2.05) is 52.0 Å². The molecule has 4 nitrogen and oxygen atoms in total. The summed E-state index contributed by atoms with van der Waals surface area (Å²) in [6, 6.07) is 13.5. The molecule has 162 valence electrons. The molecular formula is C27H25ClN2O2. The van der Waals surface area contributed by atoms with Crippen molar-refractivity contribution in [2.75, 3.05) is 5.32 Å². The number of fused-ring (bicyclic) bond motifs is 1. The van der Waals surface area contributed by atoms with Crippen molar-refractivity contribution in [3.05, 3.63) is 87.1 Å². The molecule has 1 amide bonds. The van der Waals surface area contributed by atoms with E-state index in [1.54, 1.807) is 19.2 Å². The van der Waals surface area contributed by atoms with Crippen LogP contribution in [0.15, 0.2) is 48.7 Å². The van der Waals surface area contributed by atoms with Gasteiger partial charge in [0.05, 0.1) is 17.4 Å². The minimum atomic E-state index is -0.257. The number of benzene rings is 3. The molecule has 0 fully saturated rings. The first-order chi connectivity index (χ1) is 15.2. The summed E-state index contributed by atoms with van der Waals surface area (Å²) in [7, 11) is 0. The summed E-state index contributed by atoms with van der Waals surface area (Å²) >= 11 is 6.59. The number of hydrogen-bond donors (Lipinski definition) is 2. The fourth-order valence-electron chi connectivity index (χ4n) is 4.20. The van der Waals surface area contributed by atoms with Crippen molar-refractivity contribution in [1.82, 2.24) is 4.98 Å². The van der Waals surface area contributed by atoms with Crippen molar-refractivity contribution >= 4 is 34.1 Å². The number of amides is 1. The lowest BCUT2D eigenvalue weighted by molar-refractivity contribution is 0.102. The molecule has 1 aromatic heterocycles. The Morgan fingerprint density at radius 3 is 2.41 bits per heavy atom. The van der Waals surface area contributed by atoms with E-state index >= 15 is 0 Å². The summed E-state index contributed by atoms with van der Waals surface area (Å²) < 4.78 is 0. The number of pyridine rings is 1. The van der Waals surface area contributed by atoms with Crippen LogP contribution in [-0.2, 0) is 0 Å². The van der Waals surface area contributed by atoms with Gasteiger partial charge in [0.1, 0.15) is 5.75 Å². The highest BCUT2D eigenvalue weighted by Crippen LogP contribution is 2.40. The number of phenolic OH excluding ortho intramolecular Hbond substituents is 1. The largest absolute Gasteiger partial charge is 0.507 e. The van der Waals surface area contributed by atoms with Crippen molar-refractivity contribution in [2.24, 2.45) is 0 Å². The zero-order valence-corrected chi connectivity index (χ0v) is 19.6. The maximum Gasteiger partial charge on any atom is 0.256 e. The van der Waals surface area contributed by atoms with E-state index in [4.69, 9.17) is 11.6 Å². The highest BCUT2D eigenvalue weighted by molar-refractivity contribution is 6.34. The normalized spacial score (nSPS) is 11.1. The smallest absolute Gasteiger partial charge is 0.256 e. The Labute approximate surface area is 192 Å². The molecule has 0 spiro atoms. The Balaban J connectivity index is 1.93. The van der Waals surface area contributed by atoms with Crippen LogP contribution in [0.3, 0.4) is 0 Å². The van der Waals surface area contributed by atoms with Crippen molar-refractivity contribution in [3.8, 4) is 16.9 Å². The topological polar surface area (TPSA) is 62.2 Å². The molecule has 5 heteroatoms. The average Bonchev–Trinajstić information content (AvgIpc) is 2.75. The van der Waals surface area contributed by atoms with Gasteiger partial charge in [-0.3, -0.25) is 9.78 Å². The second-order valence-electron chi connectivity index (χ2n) is 8.30. The Kier molecular flexibility index (Phi) is 5.66. The van der Waals surface area contributed by atoms with Gasteiger partial charge in [-0.2, -0.15) is 0 Å². The second-order valence-corrected chi connectivity index (χ2v) is 8.71. The molecule has 0 radical (unpaired) electrons. The molecule has 0 aliphatic heterocycles. The van der Waals surface area contributed by atoms with Crippen molar-refractivity contribution in [3.63, 3.8) is 0 Å². The van der Waals surface area contributed by atoms with Gasteiger partial charge in [-0.15, -0.1) is 0 Å². The van der Waals surface area contributed by atoms with E-state index in [1.165, 1.54) is 0 Å². The van der Waals surface area contributed by atoms with Crippen LogP contribution in [-0.4, -0.2) is 16.0 Å². The fraction of sp³-hybridized carbons (Fsp3) is 0.185. The highest BCUT2D eigenvalue weighted by Gasteiger charge is 2.20. The number of nitrogens with one attached hydrogen (secondary N) is 1. The SMILES string of the molecule is Cc1cc(C)c2ncc(NC(=O)c3cc(C)c(O)c(C)c3C)c(-c3ccccc3Cl)c2c1. The number of phenols is 1. The van der Waals surface area contributed by atoms with Crippen LogP contribution < -0.4 is 5.32 Å². The Hall–Kier alpha value is -3.37. The van der Waals surface area contributed by atoms with Crippen LogP contribution >= 0.6 is 11.6 Å². The number of nitrogens with zero attached hydrogens (tertiary/aromatic N) is 1. The molecule has 0 bridgehead atoms. The maximum absolute atomic E-state index is 13.3. The van der Waals surface area contributed by atoms with Crippen LogP contribution in [0.4, 0.5) is 5.69 Å². The van der Waals surface area contributed by atoms with Gasteiger partial charge in [-0.05, 0) is 75.1 Å². The summed E-state index contributed by atoms with van der Waals surface area (Å²) in [5.74, 6) is -0.0401. The third-order valence-corrected chi connectivity index (χ3v) is 6.33. The van der Waals surface area contributed by atoms with E-state index in [0.717, 1.165) is 38.7 Å². The molecule has 0 saturated heterocycles. The molecule has 2 N–H and O–H groups in total. The van der Waals surface area contributed by atoms with Crippen LogP contribution in [0.25, 0.3) is 22.0 Å². The van der Waals surface area contributed by atoms with E-state index < -0.39 is 0 Å². The number of anilines is 1. The van der Waals surface area contributed by atoms with Crippen molar-refractivity contribution < 1.29 is 9.90 Å². The van der Waals surface area contributed by atoms with E-state index in [2.05, 4.69) is 22.4 Å². The number of halogens is 1. The minimum absolute atomic E-state index is 0.217. The Bertz CT molecular complexity index is 1390. The van der Waals surface area contributed by atoms with Crippen molar-refractivity contribution in [2.45, 2.75) is 34.6 Å². The monoisotopic (exact) mass is 444 g/mol. The molecule has 0 saturated carbocycles. The maximum atomic E-state index is 13.3. The predicted molar refractivity (Wildman–Crippen MR) is 132 cm³/mol. The molecular weight excluding hydrogens is 420 g/mol. The van der Waals surface area contributed by atoms with Gasteiger partial charge in [0.25, 0.3) is 5.91 Å². The number of carbonyl (C=O) groups excluding carboxylic acids is 1. The van der Waals surface area contributed by atoms with Gasteiger partial charge in [0.2, 0.25) is 0 Å². The number of aromatic nitrogens is 1. The summed E-state index contributed by atoms with van der Waals surface area (Å²) in [6.45, 7) is 9.51. The molecule has 0 aliphatic rings. The summed E-state index contributed by atoms with van der Waals surface area (Å²) in [5.41, 5.74) is 7.91. The van der Waals surface area contributed by atoms with Crippen LogP contribution in [0.5, 0.6) is 5.75 Å². The Morgan fingerprint density at radius 2 is 1.69 bits per heavy atom. The third-order valence-electron chi connectivity index (χ3n) is 6.00. The number of aryl methyl sites for hydroxylation is 3. The first-order valence-corrected chi connectivity index (χ1v) is 10.8. The van der Waals surface area contributed by atoms with Gasteiger partial charge >= 0.3 is 0 Å². The zero-order chi connectivity index (χ0) is 23.2. The lowest BCUT2D eigenvalue weighted by atomic mass is 9.95. The van der Waals surface area contributed by atoms with E-state index in [-0.39, 0.29) is 11.7 Å². The third kappa shape index (κ3) is 3.71. The molecule has 32 heavy (non-hydrogen) atoms. The number of carbonyl (C=O) groups is 1. The highest BCUT2D eigenvalue weighted by atomic mass is 35.5. The first-order valence-electron chi connectivity index (χ1n) is 10.4. The molecule has 3 aromatic carbocycles. The first kappa shape index (κ1) is 21.8. The standard InChI is InChI=1S/C27H25ClN2O2/c1-14-10-15(2)25-21(11-14)24(19-8-6-7-9-22(19)28)23(13-29-25)30-27(32)20-12-16(3)26(31)18(5)17(20)4/h6-13,31H,1-5H3,(H,30,32). The molecule has 4 rings (SSSR count). The van der Waals surface area contributed by atoms with Gasteiger partial charge in [-0.1, -0.05) is 41.4 Å². The molecule has 0 aliphatic carbocycles. The second kappa shape index (κ2) is 8.29. The number of hydrogen-bond acceptors (Lipinski definition) is 3. The van der Waals surface area contributed by atoms with Crippen LogP contribution in [0.1, 0.15) is 38.2 Å². The Morgan fingerprint density at radius 1 is 0.969 bits per heavy atom. The molecule has 0 unspecified atom stereocenters. The quantitative estimate of drug-likeness (QED) is 0.355. The lowest BCUT2D eigenvalue weighted by Crippen LogP contribution is -2.15. The van der Waals surface area contributed by atoms with Crippen molar-refractivity contribution in [1.29, 1.82) is 0 Å². The number of rotatable bonds is 3. The van der Waals surface area contributed by atoms with Crippen LogP contribution in [0, 0.1) is 34.6 Å². The zero-order valence-electron chi connectivity index (χ0n) is 18.8. The van der Waals surface area contributed by atoms with Crippen LogP contribution in [0.2, 0.25) is 5.02 Å².